The fraction of sp³-hybridized carbons (Fsp3) is 0.241. The molecule has 2 unspecified atom stereocenters. The number of anilines is 2. The lowest BCUT2D eigenvalue weighted by Crippen LogP contribution is -2.29. The first-order valence-corrected chi connectivity index (χ1v) is 14.7. The van der Waals surface area contributed by atoms with Crippen molar-refractivity contribution in [3.8, 4) is 5.69 Å². The lowest BCUT2D eigenvalue weighted by molar-refractivity contribution is 0.565. The van der Waals surface area contributed by atoms with Crippen molar-refractivity contribution in [3.05, 3.63) is 107 Å². The van der Waals surface area contributed by atoms with Gasteiger partial charge in [0.25, 0.3) is 0 Å². The molecule has 0 spiro atoms. The molecular weight excluding hydrogens is 514 g/mol. The van der Waals surface area contributed by atoms with E-state index in [1.807, 2.05) is 30.3 Å². The SMILES string of the molecule is Cc1cc(C)cc(-n2c(C)cc(C3C(c4ccccn4)NC(=S)N3c3ccc(NS(C)(=O)=O)cc3)c2C)c1. The standard InChI is InChI=1S/C29H31N5O2S2/c1-18-14-19(2)16-24(15-18)33-20(3)17-25(21(33)4)28-27(26-8-6-7-13-30-26)31-29(37)34(28)23-11-9-22(10-12-23)32-38(5,35)36/h6-17,27-28,32H,1-5H3,(H,31,37). The molecule has 5 rings (SSSR count). The molecule has 2 aromatic heterocycles. The normalized spacial score (nSPS) is 17.5. The van der Waals surface area contributed by atoms with Crippen LogP contribution in [0, 0.1) is 27.7 Å². The van der Waals surface area contributed by atoms with Crippen molar-refractivity contribution in [3.63, 3.8) is 0 Å². The van der Waals surface area contributed by atoms with Crippen molar-refractivity contribution >= 4 is 38.7 Å². The van der Waals surface area contributed by atoms with Gasteiger partial charge in [-0.3, -0.25) is 9.71 Å². The summed E-state index contributed by atoms with van der Waals surface area (Å²) in [7, 11) is -3.37. The number of sulfonamides is 1. The van der Waals surface area contributed by atoms with E-state index in [9.17, 15) is 8.42 Å². The van der Waals surface area contributed by atoms with Gasteiger partial charge in [-0.1, -0.05) is 12.1 Å². The largest absolute Gasteiger partial charge is 0.351 e. The van der Waals surface area contributed by atoms with Gasteiger partial charge in [-0.2, -0.15) is 0 Å². The average molecular weight is 546 g/mol. The summed E-state index contributed by atoms with van der Waals surface area (Å²) >= 11 is 5.88. The van der Waals surface area contributed by atoms with Crippen molar-refractivity contribution in [1.82, 2.24) is 14.9 Å². The molecule has 1 fully saturated rings. The number of aryl methyl sites for hydroxylation is 3. The van der Waals surface area contributed by atoms with Gasteiger partial charge in [-0.05, 0) is 111 Å². The summed E-state index contributed by atoms with van der Waals surface area (Å²) in [6, 6.07) is 21.7. The van der Waals surface area contributed by atoms with Crippen molar-refractivity contribution in [2.45, 2.75) is 39.8 Å². The molecule has 9 heteroatoms. The van der Waals surface area contributed by atoms with E-state index in [1.165, 1.54) is 11.1 Å². The van der Waals surface area contributed by atoms with Crippen molar-refractivity contribution in [2.75, 3.05) is 15.9 Å². The van der Waals surface area contributed by atoms with Gasteiger partial charge in [0.15, 0.2) is 5.11 Å². The van der Waals surface area contributed by atoms with Crippen LogP contribution in [0.25, 0.3) is 5.69 Å². The van der Waals surface area contributed by atoms with E-state index in [-0.39, 0.29) is 12.1 Å². The zero-order valence-corrected chi connectivity index (χ0v) is 23.7. The summed E-state index contributed by atoms with van der Waals surface area (Å²) in [5.74, 6) is 0. The van der Waals surface area contributed by atoms with E-state index in [4.69, 9.17) is 12.2 Å². The van der Waals surface area contributed by atoms with Gasteiger partial charge in [0, 0.05) is 34.6 Å². The van der Waals surface area contributed by atoms with Crippen LogP contribution in [0.3, 0.4) is 0 Å². The maximum Gasteiger partial charge on any atom is 0.229 e. The topological polar surface area (TPSA) is 79.3 Å². The Balaban J connectivity index is 1.64. The fourth-order valence-corrected chi connectivity index (χ4v) is 6.33. The summed E-state index contributed by atoms with van der Waals surface area (Å²) in [4.78, 5) is 6.77. The van der Waals surface area contributed by atoms with E-state index < -0.39 is 10.0 Å². The number of hydrogen-bond donors (Lipinski definition) is 2. The van der Waals surface area contributed by atoms with Gasteiger partial charge >= 0.3 is 0 Å². The predicted octanol–water partition coefficient (Wildman–Crippen LogP) is 5.65. The Labute approximate surface area is 229 Å². The fourth-order valence-electron chi connectivity index (χ4n) is 5.42. The van der Waals surface area contributed by atoms with E-state index >= 15 is 0 Å². The molecule has 0 radical (unpaired) electrons. The molecule has 0 amide bonds. The Kier molecular flexibility index (Phi) is 6.75. The number of benzene rings is 2. The molecule has 2 aromatic carbocycles. The molecule has 2 atom stereocenters. The monoisotopic (exact) mass is 545 g/mol. The van der Waals surface area contributed by atoms with Crippen LogP contribution >= 0.6 is 12.2 Å². The number of pyridine rings is 1. The van der Waals surface area contributed by atoms with Gasteiger partial charge in [0.1, 0.15) is 0 Å². The quantitative estimate of drug-likeness (QED) is 0.305. The summed E-state index contributed by atoms with van der Waals surface area (Å²) < 4.78 is 28.2. The molecular formula is C29H31N5O2S2. The van der Waals surface area contributed by atoms with Crippen LogP contribution < -0.4 is 14.9 Å². The highest BCUT2D eigenvalue weighted by molar-refractivity contribution is 7.92. The summed E-state index contributed by atoms with van der Waals surface area (Å²) in [6.45, 7) is 8.51. The molecule has 0 bridgehead atoms. The second-order valence-corrected chi connectivity index (χ2v) is 12.1. The second-order valence-electron chi connectivity index (χ2n) is 9.93. The van der Waals surface area contributed by atoms with Crippen LogP contribution in [0.5, 0.6) is 0 Å². The van der Waals surface area contributed by atoms with Gasteiger partial charge in [0.05, 0.1) is 24.0 Å². The van der Waals surface area contributed by atoms with Gasteiger partial charge < -0.3 is 14.8 Å². The summed E-state index contributed by atoms with van der Waals surface area (Å²) in [5, 5.41) is 4.10. The third-order valence-electron chi connectivity index (χ3n) is 6.80. The van der Waals surface area contributed by atoms with E-state index in [1.54, 1.807) is 18.3 Å². The molecule has 2 N–H and O–H groups in total. The first-order valence-electron chi connectivity index (χ1n) is 12.4. The summed E-state index contributed by atoms with van der Waals surface area (Å²) in [6.07, 6.45) is 2.93. The Morgan fingerprint density at radius 1 is 0.921 bits per heavy atom. The molecule has 196 valence electrons. The minimum atomic E-state index is -3.37. The Morgan fingerprint density at radius 3 is 2.21 bits per heavy atom. The second kappa shape index (κ2) is 9.89. The zero-order valence-electron chi connectivity index (χ0n) is 22.1. The zero-order chi connectivity index (χ0) is 27.2. The number of thiocarbonyl (C=S) groups is 1. The van der Waals surface area contributed by atoms with Crippen LogP contribution in [0.15, 0.2) is 72.9 Å². The van der Waals surface area contributed by atoms with Crippen LogP contribution in [-0.2, 0) is 10.0 Å². The predicted molar refractivity (Wildman–Crippen MR) is 158 cm³/mol. The van der Waals surface area contributed by atoms with Crippen LogP contribution in [0.2, 0.25) is 0 Å². The minimum absolute atomic E-state index is 0.169. The lowest BCUT2D eigenvalue weighted by atomic mass is 9.96. The molecule has 7 nitrogen and oxygen atoms in total. The highest BCUT2D eigenvalue weighted by atomic mass is 32.2. The highest BCUT2D eigenvalue weighted by Gasteiger charge is 2.42. The summed E-state index contributed by atoms with van der Waals surface area (Å²) in [5.41, 5.74) is 9.23. The van der Waals surface area contributed by atoms with Crippen molar-refractivity contribution < 1.29 is 8.42 Å². The van der Waals surface area contributed by atoms with E-state index in [0.717, 1.165) is 40.3 Å². The third kappa shape index (κ3) is 5.04. The Morgan fingerprint density at radius 2 is 1.61 bits per heavy atom. The first-order chi connectivity index (χ1) is 18.0. The molecule has 4 aromatic rings. The lowest BCUT2D eigenvalue weighted by Gasteiger charge is -2.28. The average Bonchev–Trinajstić information content (AvgIpc) is 3.33. The molecule has 1 aliphatic heterocycles. The maximum absolute atomic E-state index is 11.7. The smallest absolute Gasteiger partial charge is 0.229 e. The minimum Gasteiger partial charge on any atom is -0.351 e. The first kappa shape index (κ1) is 25.9. The molecule has 0 aliphatic carbocycles. The van der Waals surface area contributed by atoms with Crippen LogP contribution in [0.4, 0.5) is 11.4 Å². The molecule has 1 aliphatic rings. The Hall–Kier alpha value is -3.69. The van der Waals surface area contributed by atoms with E-state index in [0.29, 0.717) is 10.8 Å². The number of hydrogen-bond acceptors (Lipinski definition) is 4. The number of nitrogens with zero attached hydrogens (tertiary/aromatic N) is 3. The van der Waals surface area contributed by atoms with Crippen LogP contribution in [-0.4, -0.2) is 29.3 Å². The Bertz CT molecular complexity index is 1590. The van der Waals surface area contributed by atoms with Crippen molar-refractivity contribution in [2.24, 2.45) is 0 Å². The van der Waals surface area contributed by atoms with Gasteiger partial charge in [-0.25, -0.2) is 8.42 Å². The molecule has 3 heterocycles. The molecule has 0 saturated carbocycles. The highest BCUT2D eigenvalue weighted by Crippen LogP contribution is 2.44. The van der Waals surface area contributed by atoms with Gasteiger partial charge in [0.2, 0.25) is 10.0 Å². The number of rotatable bonds is 6. The maximum atomic E-state index is 11.7. The molecule has 38 heavy (non-hydrogen) atoms. The van der Waals surface area contributed by atoms with E-state index in [2.05, 4.69) is 76.5 Å². The molecule has 1 saturated heterocycles. The van der Waals surface area contributed by atoms with Gasteiger partial charge in [-0.15, -0.1) is 0 Å². The number of nitrogens with one attached hydrogen (secondary N) is 2. The number of aromatic nitrogens is 2. The third-order valence-corrected chi connectivity index (χ3v) is 7.72. The van der Waals surface area contributed by atoms with Crippen LogP contribution in [0.1, 0.15) is 45.9 Å². The van der Waals surface area contributed by atoms with Crippen molar-refractivity contribution in [1.29, 1.82) is 0 Å².